The molecule has 2 unspecified atom stereocenters. The molecule has 2 atom stereocenters. The number of hydrogen-bond acceptors (Lipinski definition) is 5. The van der Waals surface area contributed by atoms with Gasteiger partial charge in [-0.15, -0.1) is 0 Å². The molecule has 1 heterocycles. The molecule has 0 aliphatic carbocycles. The minimum atomic E-state index is -0.167. The van der Waals surface area contributed by atoms with Crippen LogP contribution in [0.25, 0.3) is 0 Å². The molecule has 0 bridgehead atoms. The van der Waals surface area contributed by atoms with Crippen LogP contribution < -0.4 is 0 Å². The highest BCUT2D eigenvalue weighted by molar-refractivity contribution is 5.71. The van der Waals surface area contributed by atoms with Crippen LogP contribution in [0.2, 0.25) is 0 Å². The minimum absolute atomic E-state index is 0.102. The predicted molar refractivity (Wildman–Crippen MR) is 59.0 cm³/mol. The van der Waals surface area contributed by atoms with E-state index >= 15 is 0 Å². The third-order valence-electron chi connectivity index (χ3n) is 2.68. The number of carbonyl (C=O) groups is 1. The lowest BCUT2D eigenvalue weighted by atomic mass is 10.1. The molecule has 0 N–H and O–H groups in total. The molecule has 1 rings (SSSR count). The van der Waals surface area contributed by atoms with Crippen molar-refractivity contribution in [2.45, 2.75) is 19.4 Å². The van der Waals surface area contributed by atoms with Crippen molar-refractivity contribution < 1.29 is 19.0 Å². The molecule has 1 aliphatic rings. The van der Waals surface area contributed by atoms with Gasteiger partial charge in [0.15, 0.2) is 0 Å². The van der Waals surface area contributed by atoms with Gasteiger partial charge in [0, 0.05) is 13.1 Å². The van der Waals surface area contributed by atoms with Crippen molar-refractivity contribution in [3.63, 3.8) is 0 Å². The maximum Gasteiger partial charge on any atom is 0.309 e. The van der Waals surface area contributed by atoms with Crippen LogP contribution in [0.15, 0.2) is 0 Å². The van der Waals surface area contributed by atoms with Gasteiger partial charge in [-0.2, -0.15) is 0 Å². The van der Waals surface area contributed by atoms with Gasteiger partial charge in [-0.3, -0.25) is 4.79 Å². The van der Waals surface area contributed by atoms with Crippen molar-refractivity contribution in [2.24, 2.45) is 5.92 Å². The zero-order valence-electron chi connectivity index (χ0n) is 10.3. The first-order valence-corrected chi connectivity index (χ1v) is 5.59. The fraction of sp³-hybridized carbons (Fsp3) is 0.909. The highest BCUT2D eigenvalue weighted by atomic mass is 16.7. The van der Waals surface area contributed by atoms with E-state index in [2.05, 4.69) is 9.64 Å². The largest absolute Gasteiger partial charge is 0.469 e. The van der Waals surface area contributed by atoms with E-state index in [4.69, 9.17) is 9.47 Å². The molecular weight excluding hydrogens is 210 g/mol. The minimum Gasteiger partial charge on any atom is -0.469 e. The molecule has 0 aromatic heterocycles. The van der Waals surface area contributed by atoms with Crippen LogP contribution in [0, 0.1) is 5.92 Å². The van der Waals surface area contributed by atoms with E-state index in [1.165, 1.54) is 7.11 Å². The fourth-order valence-corrected chi connectivity index (χ4v) is 1.81. The molecule has 0 saturated carbocycles. The normalized spacial score (nSPS) is 23.1. The lowest BCUT2D eigenvalue weighted by Gasteiger charge is -2.28. The highest BCUT2D eigenvalue weighted by Crippen LogP contribution is 2.09. The van der Waals surface area contributed by atoms with Gasteiger partial charge in [-0.25, -0.2) is 0 Å². The summed E-state index contributed by atoms with van der Waals surface area (Å²) in [7, 11) is 3.40. The van der Waals surface area contributed by atoms with Crippen molar-refractivity contribution in [1.82, 2.24) is 4.90 Å². The molecule has 0 spiro atoms. The zero-order valence-corrected chi connectivity index (χ0v) is 10.3. The van der Waals surface area contributed by atoms with Crippen LogP contribution >= 0.6 is 0 Å². The second kappa shape index (κ2) is 6.83. The monoisotopic (exact) mass is 231 g/mol. The Labute approximate surface area is 96.6 Å². The standard InChI is InChI=1S/C11H21NO4/c1-9(11(13)14-3)6-12(2)7-10-4-5-15-8-16-10/h9-10H,4-8H2,1-3H3. The van der Waals surface area contributed by atoms with Gasteiger partial charge >= 0.3 is 5.97 Å². The Morgan fingerprint density at radius 2 is 2.38 bits per heavy atom. The van der Waals surface area contributed by atoms with Crippen LogP contribution in [-0.4, -0.2) is 57.6 Å². The molecular formula is C11H21NO4. The lowest BCUT2D eigenvalue weighted by Crippen LogP contribution is -2.38. The van der Waals surface area contributed by atoms with Crippen LogP contribution in [0.3, 0.4) is 0 Å². The number of rotatable bonds is 5. The van der Waals surface area contributed by atoms with Gasteiger partial charge < -0.3 is 19.1 Å². The number of ether oxygens (including phenoxy) is 3. The van der Waals surface area contributed by atoms with E-state index in [-0.39, 0.29) is 18.0 Å². The number of methoxy groups -OCH3 is 1. The number of esters is 1. The summed E-state index contributed by atoms with van der Waals surface area (Å²) < 4.78 is 15.2. The molecule has 0 aromatic carbocycles. The third-order valence-corrected chi connectivity index (χ3v) is 2.68. The Hall–Kier alpha value is -0.650. The summed E-state index contributed by atoms with van der Waals surface area (Å²) in [5.74, 6) is -0.269. The molecule has 5 heteroatoms. The summed E-state index contributed by atoms with van der Waals surface area (Å²) in [5.41, 5.74) is 0. The number of carbonyl (C=O) groups excluding carboxylic acids is 1. The van der Waals surface area contributed by atoms with Crippen molar-refractivity contribution >= 4 is 5.97 Å². The summed E-state index contributed by atoms with van der Waals surface area (Å²) in [5, 5.41) is 0. The second-order valence-corrected chi connectivity index (χ2v) is 4.25. The Balaban J connectivity index is 2.23. The average molecular weight is 231 g/mol. The van der Waals surface area contributed by atoms with Gasteiger partial charge in [0.25, 0.3) is 0 Å². The van der Waals surface area contributed by atoms with E-state index in [1.807, 2.05) is 14.0 Å². The number of nitrogens with zero attached hydrogens (tertiary/aromatic N) is 1. The molecule has 1 aliphatic heterocycles. The Morgan fingerprint density at radius 1 is 1.62 bits per heavy atom. The lowest BCUT2D eigenvalue weighted by molar-refractivity contribution is -0.149. The quantitative estimate of drug-likeness (QED) is 0.644. The van der Waals surface area contributed by atoms with Gasteiger partial charge in [-0.1, -0.05) is 6.92 Å². The predicted octanol–water partition coefficient (Wildman–Crippen LogP) is 0.490. The fourth-order valence-electron chi connectivity index (χ4n) is 1.81. The Kier molecular flexibility index (Phi) is 5.73. The summed E-state index contributed by atoms with van der Waals surface area (Å²) >= 11 is 0. The summed E-state index contributed by atoms with van der Waals surface area (Å²) in [6.07, 6.45) is 1.13. The molecule has 94 valence electrons. The molecule has 1 fully saturated rings. The Morgan fingerprint density at radius 3 is 2.94 bits per heavy atom. The van der Waals surface area contributed by atoms with Crippen molar-refractivity contribution in [2.75, 3.05) is 40.6 Å². The average Bonchev–Trinajstić information content (AvgIpc) is 2.29. The first kappa shape index (κ1) is 13.4. The first-order chi connectivity index (χ1) is 7.63. The molecule has 16 heavy (non-hydrogen) atoms. The molecule has 5 nitrogen and oxygen atoms in total. The van der Waals surface area contributed by atoms with Crippen molar-refractivity contribution in [3.8, 4) is 0 Å². The van der Waals surface area contributed by atoms with Gasteiger partial charge in [0.05, 0.1) is 25.7 Å². The van der Waals surface area contributed by atoms with Crippen molar-refractivity contribution in [3.05, 3.63) is 0 Å². The molecule has 0 amide bonds. The van der Waals surface area contributed by atoms with Gasteiger partial charge in [0.1, 0.15) is 6.79 Å². The van der Waals surface area contributed by atoms with Gasteiger partial charge in [0.2, 0.25) is 0 Å². The maximum atomic E-state index is 11.2. The van der Waals surface area contributed by atoms with Crippen LogP contribution in [-0.2, 0) is 19.0 Å². The summed E-state index contributed by atoms with van der Waals surface area (Å²) in [4.78, 5) is 13.3. The van der Waals surface area contributed by atoms with Gasteiger partial charge in [-0.05, 0) is 13.5 Å². The molecule has 0 radical (unpaired) electrons. The number of hydrogen-bond donors (Lipinski definition) is 0. The highest BCUT2D eigenvalue weighted by Gasteiger charge is 2.20. The number of likely N-dealkylation sites (N-methyl/N-ethyl adjacent to an activating group) is 1. The van der Waals surface area contributed by atoms with E-state index < -0.39 is 0 Å². The maximum absolute atomic E-state index is 11.2. The van der Waals surface area contributed by atoms with E-state index in [0.717, 1.165) is 19.6 Å². The molecule has 1 saturated heterocycles. The SMILES string of the molecule is COC(=O)C(C)CN(C)CC1CCOCO1. The third kappa shape index (κ3) is 4.47. The Bertz CT molecular complexity index is 216. The van der Waals surface area contributed by atoms with Crippen molar-refractivity contribution in [1.29, 1.82) is 0 Å². The van der Waals surface area contributed by atoms with Crippen LogP contribution in [0.1, 0.15) is 13.3 Å². The zero-order chi connectivity index (χ0) is 12.0. The summed E-state index contributed by atoms with van der Waals surface area (Å²) in [6.45, 7) is 4.52. The van der Waals surface area contributed by atoms with E-state index in [1.54, 1.807) is 0 Å². The first-order valence-electron chi connectivity index (χ1n) is 5.59. The van der Waals surface area contributed by atoms with Crippen LogP contribution in [0.4, 0.5) is 0 Å². The smallest absolute Gasteiger partial charge is 0.309 e. The van der Waals surface area contributed by atoms with E-state index in [9.17, 15) is 4.79 Å². The van der Waals surface area contributed by atoms with E-state index in [0.29, 0.717) is 13.3 Å². The summed E-state index contributed by atoms with van der Waals surface area (Å²) in [6, 6.07) is 0. The molecule has 0 aromatic rings. The van der Waals surface area contributed by atoms with Crippen LogP contribution in [0.5, 0.6) is 0 Å². The topological polar surface area (TPSA) is 48.0 Å². The second-order valence-electron chi connectivity index (χ2n) is 4.25.